The second-order valence-corrected chi connectivity index (χ2v) is 7.77. The molecule has 3 nitrogen and oxygen atoms in total. The molecule has 1 fully saturated rings. The number of nitrogens with one attached hydrogen (secondary N) is 1. The summed E-state index contributed by atoms with van der Waals surface area (Å²) in [6, 6.07) is 0. The number of aromatic nitrogens is 2. The van der Waals surface area contributed by atoms with Gasteiger partial charge in [0.1, 0.15) is 16.5 Å². The SMILES string of the molecule is CCCNc1nc(C2CC2(C)C)nc2sc(C)c(C)c12. The average molecular weight is 289 g/mol. The van der Waals surface area contributed by atoms with E-state index >= 15 is 0 Å². The second kappa shape index (κ2) is 4.69. The van der Waals surface area contributed by atoms with Crippen LogP contribution in [0.3, 0.4) is 0 Å². The number of rotatable bonds is 4. The van der Waals surface area contributed by atoms with Crippen molar-refractivity contribution in [2.24, 2.45) is 5.41 Å². The van der Waals surface area contributed by atoms with Gasteiger partial charge in [0, 0.05) is 17.3 Å². The standard InChI is InChI=1S/C16H23N3S/c1-6-7-17-14-12-9(2)10(3)20-15(12)19-13(18-14)11-8-16(11,4)5/h11H,6-8H2,1-5H3,(H,17,18,19). The van der Waals surface area contributed by atoms with Gasteiger partial charge < -0.3 is 5.32 Å². The highest BCUT2D eigenvalue weighted by Crippen LogP contribution is 2.58. The Balaban J connectivity index is 2.11. The van der Waals surface area contributed by atoms with E-state index in [9.17, 15) is 0 Å². The first kappa shape index (κ1) is 13.8. The van der Waals surface area contributed by atoms with Gasteiger partial charge in [0.25, 0.3) is 0 Å². The van der Waals surface area contributed by atoms with Crippen molar-refractivity contribution in [3.05, 3.63) is 16.3 Å². The zero-order valence-corrected chi connectivity index (χ0v) is 13.8. The lowest BCUT2D eigenvalue weighted by molar-refractivity contribution is 0.610. The van der Waals surface area contributed by atoms with Gasteiger partial charge >= 0.3 is 0 Å². The Morgan fingerprint density at radius 3 is 2.60 bits per heavy atom. The van der Waals surface area contributed by atoms with Gasteiger partial charge in [0.2, 0.25) is 0 Å². The average Bonchev–Trinajstić information content (AvgIpc) is 2.93. The summed E-state index contributed by atoms with van der Waals surface area (Å²) in [6.07, 6.45) is 2.31. The molecular weight excluding hydrogens is 266 g/mol. The number of anilines is 1. The maximum absolute atomic E-state index is 4.85. The minimum Gasteiger partial charge on any atom is -0.369 e. The molecule has 2 heterocycles. The lowest BCUT2D eigenvalue weighted by Gasteiger charge is -2.09. The van der Waals surface area contributed by atoms with Gasteiger partial charge in [-0.25, -0.2) is 9.97 Å². The Kier molecular flexibility index (Phi) is 3.24. The van der Waals surface area contributed by atoms with Crippen molar-refractivity contribution in [1.29, 1.82) is 0 Å². The number of hydrogen-bond donors (Lipinski definition) is 1. The van der Waals surface area contributed by atoms with Crippen LogP contribution in [0.25, 0.3) is 10.2 Å². The second-order valence-electron chi connectivity index (χ2n) is 6.57. The van der Waals surface area contributed by atoms with Crippen molar-refractivity contribution in [3.63, 3.8) is 0 Å². The minimum atomic E-state index is 0.372. The van der Waals surface area contributed by atoms with Gasteiger partial charge in [-0.3, -0.25) is 0 Å². The summed E-state index contributed by atoms with van der Waals surface area (Å²) in [5, 5.41) is 4.72. The molecular formula is C16H23N3S. The summed E-state index contributed by atoms with van der Waals surface area (Å²) in [5.74, 6) is 2.59. The summed E-state index contributed by atoms with van der Waals surface area (Å²) in [6.45, 7) is 12.1. The largest absolute Gasteiger partial charge is 0.369 e. The smallest absolute Gasteiger partial charge is 0.138 e. The highest BCUT2D eigenvalue weighted by Gasteiger charge is 2.48. The fourth-order valence-corrected chi connectivity index (χ4v) is 3.74. The number of thiophene rings is 1. The van der Waals surface area contributed by atoms with E-state index in [-0.39, 0.29) is 0 Å². The van der Waals surface area contributed by atoms with Crippen molar-refractivity contribution in [2.45, 2.75) is 53.4 Å². The van der Waals surface area contributed by atoms with E-state index in [0.29, 0.717) is 11.3 Å². The molecule has 4 heteroatoms. The molecule has 0 amide bonds. The third kappa shape index (κ3) is 2.20. The number of nitrogens with zero attached hydrogens (tertiary/aromatic N) is 2. The van der Waals surface area contributed by atoms with Gasteiger partial charge in [0.15, 0.2) is 0 Å². The first-order valence-corrected chi connectivity index (χ1v) is 8.27. The van der Waals surface area contributed by atoms with Crippen LogP contribution >= 0.6 is 11.3 Å². The first-order chi connectivity index (χ1) is 9.44. The Bertz CT molecular complexity index is 657. The maximum Gasteiger partial charge on any atom is 0.138 e. The molecule has 0 spiro atoms. The van der Waals surface area contributed by atoms with Gasteiger partial charge in [0.05, 0.1) is 5.39 Å². The van der Waals surface area contributed by atoms with Gasteiger partial charge in [-0.1, -0.05) is 20.8 Å². The molecule has 3 rings (SSSR count). The van der Waals surface area contributed by atoms with Crippen molar-refractivity contribution in [1.82, 2.24) is 9.97 Å². The van der Waals surface area contributed by atoms with E-state index in [4.69, 9.17) is 9.97 Å². The molecule has 0 saturated heterocycles. The van der Waals surface area contributed by atoms with Crippen LogP contribution in [0, 0.1) is 19.3 Å². The van der Waals surface area contributed by atoms with Crippen LogP contribution in [0.1, 0.15) is 55.8 Å². The third-order valence-corrected chi connectivity index (χ3v) is 5.51. The molecule has 1 atom stereocenters. The van der Waals surface area contributed by atoms with Crippen LogP contribution in [0.4, 0.5) is 5.82 Å². The molecule has 1 aliphatic carbocycles. The predicted molar refractivity (Wildman–Crippen MR) is 86.8 cm³/mol. The van der Waals surface area contributed by atoms with Crippen molar-refractivity contribution in [2.75, 3.05) is 11.9 Å². The van der Waals surface area contributed by atoms with Crippen molar-refractivity contribution in [3.8, 4) is 0 Å². The molecule has 20 heavy (non-hydrogen) atoms. The van der Waals surface area contributed by atoms with Crippen LogP contribution in [0.5, 0.6) is 0 Å². The number of aryl methyl sites for hydroxylation is 2. The molecule has 0 radical (unpaired) electrons. The fourth-order valence-electron chi connectivity index (χ4n) is 2.70. The molecule has 1 unspecified atom stereocenters. The van der Waals surface area contributed by atoms with E-state index in [1.165, 1.54) is 22.2 Å². The van der Waals surface area contributed by atoms with E-state index in [2.05, 4.69) is 39.9 Å². The molecule has 0 bridgehead atoms. The van der Waals surface area contributed by atoms with E-state index in [1.807, 2.05) is 0 Å². The van der Waals surface area contributed by atoms with E-state index in [1.54, 1.807) is 11.3 Å². The molecule has 108 valence electrons. The van der Waals surface area contributed by atoms with Gasteiger partial charge in [-0.15, -0.1) is 11.3 Å². The lowest BCUT2D eigenvalue weighted by atomic mass is 10.1. The topological polar surface area (TPSA) is 37.8 Å². The highest BCUT2D eigenvalue weighted by atomic mass is 32.1. The lowest BCUT2D eigenvalue weighted by Crippen LogP contribution is -2.06. The first-order valence-electron chi connectivity index (χ1n) is 7.45. The molecule has 1 N–H and O–H groups in total. The van der Waals surface area contributed by atoms with E-state index in [0.717, 1.165) is 29.4 Å². The molecule has 2 aromatic heterocycles. The molecule has 0 aromatic carbocycles. The predicted octanol–water partition coefficient (Wildman–Crippen LogP) is 4.64. The number of fused-ring (bicyclic) bond motifs is 1. The minimum absolute atomic E-state index is 0.372. The fraction of sp³-hybridized carbons (Fsp3) is 0.625. The van der Waals surface area contributed by atoms with Crippen LogP contribution in [0.15, 0.2) is 0 Å². The Morgan fingerprint density at radius 2 is 2.00 bits per heavy atom. The quantitative estimate of drug-likeness (QED) is 0.890. The Hall–Kier alpha value is -1.16. The highest BCUT2D eigenvalue weighted by molar-refractivity contribution is 7.18. The van der Waals surface area contributed by atoms with E-state index < -0.39 is 0 Å². The van der Waals surface area contributed by atoms with Crippen LogP contribution in [-0.4, -0.2) is 16.5 Å². The summed E-state index contributed by atoms with van der Waals surface area (Å²) >= 11 is 1.79. The summed E-state index contributed by atoms with van der Waals surface area (Å²) in [5.41, 5.74) is 1.70. The monoisotopic (exact) mass is 289 g/mol. The summed E-state index contributed by atoms with van der Waals surface area (Å²) in [4.78, 5) is 12.2. The summed E-state index contributed by atoms with van der Waals surface area (Å²) < 4.78 is 0. The number of hydrogen-bond acceptors (Lipinski definition) is 4. The van der Waals surface area contributed by atoms with Crippen molar-refractivity contribution >= 4 is 27.4 Å². The summed E-state index contributed by atoms with van der Waals surface area (Å²) in [7, 11) is 0. The Labute approximate surface area is 124 Å². The van der Waals surface area contributed by atoms with Crippen LogP contribution in [-0.2, 0) is 0 Å². The van der Waals surface area contributed by atoms with Gasteiger partial charge in [-0.05, 0) is 37.7 Å². The van der Waals surface area contributed by atoms with Gasteiger partial charge in [-0.2, -0.15) is 0 Å². The Morgan fingerprint density at radius 1 is 1.30 bits per heavy atom. The molecule has 1 aliphatic rings. The van der Waals surface area contributed by atoms with Crippen LogP contribution < -0.4 is 5.32 Å². The molecule has 0 aliphatic heterocycles. The molecule has 1 saturated carbocycles. The molecule has 2 aromatic rings. The normalized spacial score (nSPS) is 20.4. The zero-order chi connectivity index (χ0) is 14.5. The van der Waals surface area contributed by atoms with Crippen LogP contribution in [0.2, 0.25) is 0 Å². The third-order valence-electron chi connectivity index (χ3n) is 4.41. The maximum atomic E-state index is 4.85. The van der Waals surface area contributed by atoms with Crippen molar-refractivity contribution < 1.29 is 0 Å². The zero-order valence-electron chi connectivity index (χ0n) is 13.0.